The molecule has 0 atom stereocenters. The number of anilines is 1. The molecule has 272 valence electrons. The molecule has 0 unspecified atom stereocenters. The highest BCUT2D eigenvalue weighted by atomic mass is 32.2. The molecular formula is C42H59N3O4S. The van der Waals surface area contributed by atoms with Gasteiger partial charge in [-0.05, 0) is 81.2 Å². The Bertz CT molecular complexity index is 1840. The average Bonchev–Trinajstić information content (AvgIpc) is 3.36. The summed E-state index contributed by atoms with van der Waals surface area (Å²) < 4.78 is 38.1. The number of amides is 1. The molecule has 1 N–H and O–H groups in total. The second-order valence-corrected chi connectivity index (χ2v) is 18.1. The van der Waals surface area contributed by atoms with Crippen molar-refractivity contribution >= 4 is 33.1 Å². The highest BCUT2D eigenvalue weighted by Crippen LogP contribution is 2.48. The maximum Gasteiger partial charge on any atom is 0.220 e. The summed E-state index contributed by atoms with van der Waals surface area (Å²) in [5.74, 6) is 0.0836. The van der Waals surface area contributed by atoms with Crippen LogP contribution in [0.5, 0.6) is 0 Å². The molecule has 7 nitrogen and oxygen atoms in total. The van der Waals surface area contributed by atoms with Crippen molar-refractivity contribution in [1.29, 1.82) is 0 Å². The van der Waals surface area contributed by atoms with Crippen molar-refractivity contribution in [2.75, 3.05) is 24.5 Å². The van der Waals surface area contributed by atoms with Gasteiger partial charge in [0, 0.05) is 60.4 Å². The van der Waals surface area contributed by atoms with Crippen molar-refractivity contribution in [3.05, 3.63) is 89.2 Å². The number of hydrogen-bond acceptors (Lipinski definition) is 5. The number of hydrogen-bond donors (Lipinski definition) is 1. The van der Waals surface area contributed by atoms with E-state index in [9.17, 15) is 17.8 Å². The minimum absolute atomic E-state index is 0.0102. The third-order valence-electron chi connectivity index (χ3n) is 11.3. The lowest BCUT2D eigenvalue weighted by atomic mass is 9.69. The second-order valence-electron chi connectivity index (χ2n) is 16.7. The first kappa shape index (κ1) is 39.3. The largest absolute Gasteiger partial charge is 0.744 e. The lowest BCUT2D eigenvalue weighted by Gasteiger charge is -2.39. The van der Waals surface area contributed by atoms with Gasteiger partial charge in [-0.15, -0.1) is 0 Å². The van der Waals surface area contributed by atoms with E-state index < -0.39 is 15.5 Å². The van der Waals surface area contributed by atoms with Gasteiger partial charge in [-0.3, -0.25) is 4.79 Å². The van der Waals surface area contributed by atoms with E-state index in [1.165, 1.54) is 34.6 Å². The topological polar surface area (TPSA) is 92.6 Å². The number of carbonyl (C=O) groups is 1. The molecule has 0 aromatic heterocycles. The standard InChI is InChI=1S/C42H59N3O4S/c1-12-44-34-24-22-30(2)27-32(34)41(8,9)36(44)19-15-13-16-20-37-42(10,11)33-28-31(50(47,48)49)23-25-35(33)45(37)26-18-14-17-21-38(46)43-29-40(6,7)39(3,4)5/h13,15-16,19-20,22-25,27-28H,12,14,17-18,21,26,29H2,1-11H3,(H-,43,46,47,48,49). The number of likely N-dealkylation sites (N-methyl/N-ethyl adjacent to an activating group) is 1. The number of rotatable bonds is 13. The first-order valence-corrected chi connectivity index (χ1v) is 19.5. The van der Waals surface area contributed by atoms with Gasteiger partial charge in [0.2, 0.25) is 11.6 Å². The van der Waals surface area contributed by atoms with E-state index in [1.54, 1.807) is 6.07 Å². The molecule has 0 fully saturated rings. The molecule has 0 saturated carbocycles. The van der Waals surface area contributed by atoms with Gasteiger partial charge in [0.15, 0.2) is 5.71 Å². The minimum Gasteiger partial charge on any atom is -0.744 e. The molecule has 0 bridgehead atoms. The molecule has 2 heterocycles. The summed E-state index contributed by atoms with van der Waals surface area (Å²) in [6.07, 6.45) is 13.5. The molecule has 0 radical (unpaired) electrons. The van der Waals surface area contributed by atoms with Gasteiger partial charge in [-0.2, -0.15) is 4.58 Å². The zero-order valence-corrected chi connectivity index (χ0v) is 33.1. The SMILES string of the molecule is CCN1\C(=C/C=C/C=C/C2=[N+](CCCCCC(=O)NCC(C)(C)C(C)(C)C)c3ccc(S(=O)(=O)[O-])cc3C2(C)C)C(C)(C)c2cc(C)ccc21. The van der Waals surface area contributed by atoms with Crippen molar-refractivity contribution < 1.29 is 22.3 Å². The zero-order chi connectivity index (χ0) is 37.3. The Morgan fingerprint density at radius 1 is 0.920 bits per heavy atom. The first-order chi connectivity index (χ1) is 23.1. The zero-order valence-electron chi connectivity index (χ0n) is 32.2. The number of benzene rings is 2. The fraction of sp³-hybridized carbons (Fsp3) is 0.524. The van der Waals surface area contributed by atoms with Crippen LogP contribution in [0.15, 0.2) is 77.4 Å². The molecule has 2 aromatic rings. The molecule has 2 aliphatic heterocycles. The summed E-state index contributed by atoms with van der Waals surface area (Å²) >= 11 is 0. The Balaban J connectivity index is 1.52. The highest BCUT2D eigenvalue weighted by molar-refractivity contribution is 7.85. The van der Waals surface area contributed by atoms with Crippen LogP contribution < -0.4 is 10.2 Å². The van der Waals surface area contributed by atoms with E-state index in [0.29, 0.717) is 19.5 Å². The Morgan fingerprint density at radius 2 is 1.62 bits per heavy atom. The van der Waals surface area contributed by atoms with Gasteiger partial charge in [0.1, 0.15) is 16.7 Å². The quantitative estimate of drug-likeness (QED) is 0.0975. The normalized spacial score (nSPS) is 18.1. The predicted molar refractivity (Wildman–Crippen MR) is 206 cm³/mol. The molecule has 2 aliphatic rings. The van der Waals surface area contributed by atoms with E-state index in [2.05, 4.69) is 127 Å². The van der Waals surface area contributed by atoms with Crippen molar-refractivity contribution in [3.63, 3.8) is 0 Å². The number of fused-ring (bicyclic) bond motifs is 2. The Hall–Kier alpha value is -3.49. The maximum absolute atomic E-state index is 12.6. The molecule has 50 heavy (non-hydrogen) atoms. The lowest BCUT2D eigenvalue weighted by Crippen LogP contribution is -2.41. The molecule has 8 heteroatoms. The molecular weight excluding hydrogens is 643 g/mol. The summed E-state index contributed by atoms with van der Waals surface area (Å²) in [5.41, 5.74) is 7.33. The van der Waals surface area contributed by atoms with Gasteiger partial charge in [0.05, 0.1) is 10.3 Å². The van der Waals surface area contributed by atoms with Gasteiger partial charge in [-0.25, -0.2) is 8.42 Å². The van der Waals surface area contributed by atoms with E-state index in [1.807, 2.05) is 12.2 Å². The molecule has 0 aliphatic carbocycles. The van der Waals surface area contributed by atoms with Crippen molar-refractivity contribution in [2.45, 2.75) is 118 Å². The van der Waals surface area contributed by atoms with Crippen LogP contribution in [0.2, 0.25) is 0 Å². The van der Waals surface area contributed by atoms with Crippen LogP contribution in [0.4, 0.5) is 11.4 Å². The van der Waals surface area contributed by atoms with E-state index in [0.717, 1.165) is 42.8 Å². The maximum atomic E-state index is 12.6. The summed E-state index contributed by atoms with van der Waals surface area (Å²) in [6.45, 7) is 26.2. The van der Waals surface area contributed by atoms with Crippen LogP contribution in [-0.4, -0.2) is 48.8 Å². The highest BCUT2D eigenvalue weighted by Gasteiger charge is 2.44. The Kier molecular flexibility index (Phi) is 11.5. The predicted octanol–water partition coefficient (Wildman–Crippen LogP) is 8.84. The number of nitrogens with one attached hydrogen (secondary N) is 1. The van der Waals surface area contributed by atoms with Gasteiger partial charge < -0.3 is 14.8 Å². The number of carbonyl (C=O) groups excluding carboxylic acids is 1. The van der Waals surface area contributed by atoms with Crippen molar-refractivity contribution in [1.82, 2.24) is 5.32 Å². The Labute approximate surface area is 302 Å². The van der Waals surface area contributed by atoms with Crippen LogP contribution in [0.1, 0.15) is 112 Å². The summed E-state index contributed by atoms with van der Waals surface area (Å²) in [4.78, 5) is 14.8. The fourth-order valence-corrected chi connectivity index (χ4v) is 7.44. The second kappa shape index (κ2) is 14.6. The monoisotopic (exact) mass is 701 g/mol. The minimum atomic E-state index is -4.59. The third kappa shape index (κ3) is 8.18. The van der Waals surface area contributed by atoms with E-state index in [-0.39, 0.29) is 27.0 Å². The fourth-order valence-electron chi connectivity index (χ4n) is 6.94. The molecule has 1 amide bonds. The summed E-state index contributed by atoms with van der Waals surface area (Å²) in [5, 5.41) is 3.13. The first-order valence-electron chi connectivity index (χ1n) is 18.1. The number of nitrogens with zero attached hydrogens (tertiary/aromatic N) is 2. The van der Waals surface area contributed by atoms with Crippen LogP contribution in [-0.2, 0) is 25.7 Å². The average molecular weight is 702 g/mol. The molecule has 2 aromatic carbocycles. The third-order valence-corrected chi connectivity index (χ3v) is 12.1. The summed E-state index contributed by atoms with van der Waals surface area (Å²) in [6, 6.07) is 11.4. The van der Waals surface area contributed by atoms with E-state index >= 15 is 0 Å². The number of allylic oxidation sites excluding steroid dienone is 6. The Morgan fingerprint density at radius 3 is 2.26 bits per heavy atom. The van der Waals surface area contributed by atoms with Crippen LogP contribution >= 0.6 is 0 Å². The van der Waals surface area contributed by atoms with Crippen LogP contribution in [0.25, 0.3) is 0 Å². The van der Waals surface area contributed by atoms with Crippen LogP contribution in [0, 0.1) is 17.8 Å². The van der Waals surface area contributed by atoms with Gasteiger partial charge in [-0.1, -0.05) is 84.4 Å². The molecule has 0 saturated heterocycles. The van der Waals surface area contributed by atoms with Crippen molar-refractivity contribution in [2.24, 2.45) is 10.8 Å². The van der Waals surface area contributed by atoms with Gasteiger partial charge >= 0.3 is 0 Å². The van der Waals surface area contributed by atoms with E-state index in [4.69, 9.17) is 0 Å². The number of aryl methyl sites for hydroxylation is 1. The number of unbranched alkanes of at least 4 members (excludes halogenated alkanes) is 2. The van der Waals surface area contributed by atoms with Crippen molar-refractivity contribution in [3.8, 4) is 0 Å². The van der Waals surface area contributed by atoms with Gasteiger partial charge in [0.25, 0.3) is 0 Å². The van der Waals surface area contributed by atoms with Crippen LogP contribution in [0.3, 0.4) is 0 Å². The molecule has 0 spiro atoms. The smallest absolute Gasteiger partial charge is 0.220 e. The summed E-state index contributed by atoms with van der Waals surface area (Å²) in [7, 11) is -4.59. The lowest BCUT2D eigenvalue weighted by molar-refractivity contribution is -0.438. The molecule has 4 rings (SSSR count).